The molecule has 0 saturated carbocycles. The van der Waals surface area contributed by atoms with Gasteiger partial charge in [-0.1, -0.05) is 18.2 Å². The third-order valence-corrected chi connectivity index (χ3v) is 2.71. The molecule has 3 nitrogen and oxygen atoms in total. The molecule has 2 aromatic rings. The van der Waals surface area contributed by atoms with Gasteiger partial charge in [0, 0.05) is 18.9 Å². The van der Waals surface area contributed by atoms with Gasteiger partial charge in [-0.05, 0) is 35.7 Å². The van der Waals surface area contributed by atoms with Crippen LogP contribution in [0.2, 0.25) is 0 Å². The maximum absolute atomic E-state index is 13.0. The average molecular weight is 258 g/mol. The molecule has 1 aromatic carbocycles. The third kappa shape index (κ3) is 4.50. The van der Waals surface area contributed by atoms with E-state index in [2.05, 4.69) is 10.3 Å². The molecule has 1 heterocycles. The molecule has 0 atom stereocenters. The largest absolute Gasteiger partial charge is 0.355 e. The first-order chi connectivity index (χ1) is 9.24. The minimum absolute atomic E-state index is 0.102. The maximum Gasteiger partial charge on any atom is 0.224 e. The van der Waals surface area contributed by atoms with E-state index in [9.17, 15) is 9.18 Å². The van der Waals surface area contributed by atoms with Crippen LogP contribution in [-0.2, 0) is 17.6 Å². The summed E-state index contributed by atoms with van der Waals surface area (Å²) >= 11 is 0. The van der Waals surface area contributed by atoms with E-state index in [4.69, 9.17) is 0 Å². The normalized spacial score (nSPS) is 10.2. The summed E-state index contributed by atoms with van der Waals surface area (Å²) in [6.45, 7) is 0.555. The summed E-state index contributed by atoms with van der Waals surface area (Å²) in [5.74, 6) is -0.421. The highest BCUT2D eigenvalue weighted by Crippen LogP contribution is 2.04. The van der Waals surface area contributed by atoms with Crippen LogP contribution in [0.25, 0.3) is 0 Å². The topological polar surface area (TPSA) is 42.0 Å². The number of nitrogens with one attached hydrogen (secondary N) is 1. The zero-order valence-corrected chi connectivity index (χ0v) is 10.5. The van der Waals surface area contributed by atoms with Crippen molar-refractivity contribution in [1.82, 2.24) is 10.3 Å². The van der Waals surface area contributed by atoms with Crippen molar-refractivity contribution in [3.8, 4) is 0 Å². The summed E-state index contributed by atoms with van der Waals surface area (Å²) in [7, 11) is 0. The van der Waals surface area contributed by atoms with Gasteiger partial charge in [0.25, 0.3) is 0 Å². The van der Waals surface area contributed by atoms with E-state index >= 15 is 0 Å². The predicted molar refractivity (Wildman–Crippen MR) is 71.1 cm³/mol. The Labute approximate surface area is 111 Å². The number of amides is 1. The van der Waals surface area contributed by atoms with E-state index in [-0.39, 0.29) is 18.1 Å². The number of rotatable bonds is 5. The van der Waals surface area contributed by atoms with Crippen LogP contribution in [0.5, 0.6) is 0 Å². The highest BCUT2D eigenvalue weighted by molar-refractivity contribution is 5.78. The van der Waals surface area contributed by atoms with Crippen molar-refractivity contribution in [3.63, 3.8) is 0 Å². The van der Waals surface area contributed by atoms with Crippen molar-refractivity contribution in [1.29, 1.82) is 0 Å². The Morgan fingerprint density at radius 1 is 1.21 bits per heavy atom. The number of hydrogen-bond acceptors (Lipinski definition) is 2. The molecular weight excluding hydrogens is 243 g/mol. The zero-order valence-electron chi connectivity index (χ0n) is 10.5. The van der Waals surface area contributed by atoms with Crippen LogP contribution >= 0.6 is 0 Å². The second-order valence-corrected chi connectivity index (χ2v) is 4.27. The molecule has 0 unspecified atom stereocenters. The minimum Gasteiger partial charge on any atom is -0.355 e. The summed E-state index contributed by atoms with van der Waals surface area (Å²) in [6, 6.07) is 9.91. The summed E-state index contributed by atoms with van der Waals surface area (Å²) < 4.78 is 13.0. The first-order valence-electron chi connectivity index (χ1n) is 6.14. The second-order valence-electron chi connectivity index (χ2n) is 4.27. The first kappa shape index (κ1) is 13.2. The van der Waals surface area contributed by atoms with E-state index < -0.39 is 0 Å². The fourth-order valence-electron chi connectivity index (χ4n) is 1.79. The number of benzene rings is 1. The van der Waals surface area contributed by atoms with Gasteiger partial charge in [0.2, 0.25) is 5.91 Å². The van der Waals surface area contributed by atoms with E-state index in [1.165, 1.54) is 12.1 Å². The van der Waals surface area contributed by atoms with Crippen molar-refractivity contribution >= 4 is 5.91 Å². The standard InChI is InChI=1S/C15H15FN2O/c16-14-5-1-3-13(9-14)10-15(19)18-8-6-12-4-2-7-17-11-12/h1-5,7,9,11H,6,8,10H2,(H,18,19). The van der Waals surface area contributed by atoms with Crippen LogP contribution in [0.4, 0.5) is 4.39 Å². The van der Waals surface area contributed by atoms with Crippen molar-refractivity contribution in [2.45, 2.75) is 12.8 Å². The number of halogens is 1. The molecule has 0 fully saturated rings. The minimum atomic E-state index is -0.319. The fourth-order valence-corrected chi connectivity index (χ4v) is 1.79. The number of nitrogens with zero attached hydrogens (tertiary/aromatic N) is 1. The molecule has 0 aliphatic rings. The Morgan fingerprint density at radius 3 is 2.79 bits per heavy atom. The molecular formula is C15H15FN2O. The van der Waals surface area contributed by atoms with Gasteiger partial charge in [0.15, 0.2) is 0 Å². The molecule has 0 saturated heterocycles. The molecule has 0 spiro atoms. The van der Waals surface area contributed by atoms with Crippen LogP contribution in [-0.4, -0.2) is 17.4 Å². The smallest absolute Gasteiger partial charge is 0.224 e. The summed E-state index contributed by atoms with van der Waals surface area (Å²) in [5, 5.41) is 2.81. The second kappa shape index (κ2) is 6.64. The third-order valence-electron chi connectivity index (χ3n) is 2.71. The molecule has 4 heteroatoms. The van der Waals surface area contributed by atoms with Crippen LogP contribution in [0.15, 0.2) is 48.8 Å². The van der Waals surface area contributed by atoms with Crippen molar-refractivity contribution in [2.24, 2.45) is 0 Å². The maximum atomic E-state index is 13.0. The summed E-state index contributed by atoms with van der Waals surface area (Å²) in [6.07, 6.45) is 4.43. The first-order valence-corrected chi connectivity index (χ1v) is 6.14. The van der Waals surface area contributed by atoms with Gasteiger partial charge in [-0.25, -0.2) is 4.39 Å². The van der Waals surface area contributed by atoms with Crippen molar-refractivity contribution in [3.05, 3.63) is 65.7 Å². The lowest BCUT2D eigenvalue weighted by atomic mass is 10.1. The van der Waals surface area contributed by atoms with Gasteiger partial charge >= 0.3 is 0 Å². The van der Waals surface area contributed by atoms with Gasteiger partial charge in [0.05, 0.1) is 6.42 Å². The highest BCUT2D eigenvalue weighted by Gasteiger charge is 2.03. The van der Waals surface area contributed by atoms with Crippen LogP contribution < -0.4 is 5.32 Å². The lowest BCUT2D eigenvalue weighted by Gasteiger charge is -2.05. The number of carbonyl (C=O) groups excluding carboxylic acids is 1. The van der Waals surface area contributed by atoms with Gasteiger partial charge < -0.3 is 5.32 Å². The van der Waals surface area contributed by atoms with Gasteiger partial charge in [-0.15, -0.1) is 0 Å². The highest BCUT2D eigenvalue weighted by atomic mass is 19.1. The van der Waals surface area contributed by atoms with Crippen LogP contribution in [0.1, 0.15) is 11.1 Å². The lowest BCUT2D eigenvalue weighted by Crippen LogP contribution is -2.27. The Bertz CT molecular complexity index is 543. The molecule has 1 N–H and O–H groups in total. The Balaban J connectivity index is 1.76. The molecule has 2 rings (SSSR count). The summed E-state index contributed by atoms with van der Waals surface area (Å²) in [4.78, 5) is 15.7. The molecule has 1 aromatic heterocycles. The number of carbonyl (C=O) groups is 1. The molecule has 0 radical (unpaired) electrons. The Hall–Kier alpha value is -2.23. The molecule has 0 bridgehead atoms. The molecule has 1 amide bonds. The van der Waals surface area contributed by atoms with Crippen LogP contribution in [0.3, 0.4) is 0 Å². The summed E-state index contributed by atoms with van der Waals surface area (Å²) in [5.41, 5.74) is 1.76. The average Bonchev–Trinajstić information content (AvgIpc) is 2.40. The van der Waals surface area contributed by atoms with E-state index in [0.29, 0.717) is 12.1 Å². The van der Waals surface area contributed by atoms with E-state index in [1.807, 2.05) is 12.1 Å². The molecule has 98 valence electrons. The monoisotopic (exact) mass is 258 g/mol. The fraction of sp³-hybridized carbons (Fsp3) is 0.200. The van der Waals surface area contributed by atoms with Gasteiger partial charge in [-0.3, -0.25) is 9.78 Å². The predicted octanol–water partition coefficient (Wildman–Crippen LogP) is 2.12. The molecule has 0 aliphatic heterocycles. The molecule has 0 aliphatic carbocycles. The zero-order chi connectivity index (χ0) is 13.5. The van der Waals surface area contributed by atoms with Crippen molar-refractivity contribution in [2.75, 3.05) is 6.54 Å². The van der Waals surface area contributed by atoms with Gasteiger partial charge in [-0.2, -0.15) is 0 Å². The van der Waals surface area contributed by atoms with Gasteiger partial charge in [0.1, 0.15) is 5.82 Å². The molecule has 19 heavy (non-hydrogen) atoms. The Kier molecular flexibility index (Phi) is 4.61. The lowest BCUT2D eigenvalue weighted by molar-refractivity contribution is -0.120. The number of aromatic nitrogens is 1. The Morgan fingerprint density at radius 2 is 2.05 bits per heavy atom. The van der Waals surface area contributed by atoms with E-state index in [0.717, 1.165) is 12.0 Å². The van der Waals surface area contributed by atoms with Crippen LogP contribution in [0, 0.1) is 5.82 Å². The van der Waals surface area contributed by atoms with E-state index in [1.54, 1.807) is 24.5 Å². The number of pyridine rings is 1. The SMILES string of the molecule is O=C(Cc1cccc(F)c1)NCCc1cccnc1. The van der Waals surface area contributed by atoms with Crippen molar-refractivity contribution < 1.29 is 9.18 Å². The number of hydrogen-bond donors (Lipinski definition) is 1. The quantitative estimate of drug-likeness (QED) is 0.892.